The highest BCUT2D eigenvalue weighted by molar-refractivity contribution is 5.46. The molecule has 1 aromatic carbocycles. The van der Waals surface area contributed by atoms with Crippen LogP contribution in [0.2, 0.25) is 0 Å². The maximum Gasteiger partial charge on any atom is 0.0326 e. The first kappa shape index (κ1) is 12.5. The number of benzene rings is 1. The van der Waals surface area contributed by atoms with Crippen LogP contribution in [0.1, 0.15) is 38.2 Å². The Morgan fingerprint density at radius 2 is 2.00 bits per heavy atom. The maximum absolute atomic E-state index is 2.54. The van der Waals surface area contributed by atoms with Gasteiger partial charge in [-0.05, 0) is 30.7 Å². The molecule has 0 radical (unpaired) electrons. The van der Waals surface area contributed by atoms with Crippen LogP contribution in [0.3, 0.4) is 0 Å². The summed E-state index contributed by atoms with van der Waals surface area (Å²) in [7, 11) is 0. The molecule has 0 aromatic heterocycles. The van der Waals surface area contributed by atoms with E-state index in [2.05, 4.69) is 67.6 Å². The number of rotatable bonds is 4. The zero-order valence-corrected chi connectivity index (χ0v) is 11.7. The average Bonchev–Trinajstić information content (AvgIpc) is 2.65. The standard InChI is InChI=1S/C19H22/c1-2-3-9-16-14-19(18-11-5-4-6-12-18)13-8-7-10-17(16)15-19/h4-8,10-14,17H,2-3,9,15H2,1H3. The first-order chi connectivity index (χ1) is 9.34. The first-order valence-corrected chi connectivity index (χ1v) is 7.47. The second-order valence-corrected chi connectivity index (χ2v) is 5.78. The van der Waals surface area contributed by atoms with E-state index in [9.17, 15) is 0 Å². The Morgan fingerprint density at radius 1 is 1.16 bits per heavy atom. The molecule has 2 unspecified atom stereocenters. The van der Waals surface area contributed by atoms with E-state index >= 15 is 0 Å². The minimum absolute atomic E-state index is 0.137. The third-order valence-corrected chi connectivity index (χ3v) is 4.46. The monoisotopic (exact) mass is 250 g/mol. The minimum Gasteiger partial charge on any atom is -0.0773 e. The van der Waals surface area contributed by atoms with E-state index in [4.69, 9.17) is 0 Å². The highest BCUT2D eigenvalue weighted by Crippen LogP contribution is 2.46. The topological polar surface area (TPSA) is 0 Å². The number of fused-ring (bicyclic) bond motifs is 2. The van der Waals surface area contributed by atoms with Crippen molar-refractivity contribution in [1.82, 2.24) is 0 Å². The van der Waals surface area contributed by atoms with Gasteiger partial charge in [0.2, 0.25) is 0 Å². The third-order valence-electron chi connectivity index (χ3n) is 4.46. The van der Waals surface area contributed by atoms with Gasteiger partial charge in [-0.25, -0.2) is 0 Å². The predicted molar refractivity (Wildman–Crippen MR) is 82.1 cm³/mol. The van der Waals surface area contributed by atoms with E-state index in [0.29, 0.717) is 5.92 Å². The molecule has 0 fully saturated rings. The molecule has 0 saturated carbocycles. The van der Waals surface area contributed by atoms with Crippen LogP contribution in [-0.4, -0.2) is 0 Å². The second kappa shape index (κ2) is 5.21. The highest BCUT2D eigenvalue weighted by atomic mass is 14.4. The van der Waals surface area contributed by atoms with Gasteiger partial charge in [0, 0.05) is 5.41 Å². The second-order valence-electron chi connectivity index (χ2n) is 5.78. The molecule has 0 amide bonds. The number of hydrogen-bond donors (Lipinski definition) is 0. The summed E-state index contributed by atoms with van der Waals surface area (Å²) < 4.78 is 0. The molecule has 0 saturated heterocycles. The number of unbranched alkanes of at least 4 members (excludes halogenated alkanes) is 1. The van der Waals surface area contributed by atoms with Gasteiger partial charge in [-0.2, -0.15) is 0 Å². The van der Waals surface area contributed by atoms with Gasteiger partial charge < -0.3 is 0 Å². The highest BCUT2D eigenvalue weighted by Gasteiger charge is 2.37. The van der Waals surface area contributed by atoms with Gasteiger partial charge in [0.05, 0.1) is 0 Å². The minimum atomic E-state index is 0.137. The molecule has 0 heteroatoms. The lowest BCUT2D eigenvalue weighted by Gasteiger charge is -2.24. The fourth-order valence-corrected chi connectivity index (χ4v) is 3.41. The van der Waals surface area contributed by atoms with E-state index in [1.807, 2.05) is 0 Å². The maximum atomic E-state index is 2.54. The molecule has 2 aliphatic rings. The van der Waals surface area contributed by atoms with Crippen LogP contribution < -0.4 is 0 Å². The van der Waals surface area contributed by atoms with Gasteiger partial charge in [0.1, 0.15) is 0 Å². The van der Waals surface area contributed by atoms with Gasteiger partial charge in [0.15, 0.2) is 0 Å². The van der Waals surface area contributed by atoms with E-state index in [0.717, 1.165) is 0 Å². The quantitative estimate of drug-likeness (QED) is 0.645. The Balaban J connectivity index is 1.98. The predicted octanol–water partition coefficient (Wildman–Crippen LogP) is 5.19. The summed E-state index contributed by atoms with van der Waals surface area (Å²) in [5, 5.41) is 0. The summed E-state index contributed by atoms with van der Waals surface area (Å²) in [5.41, 5.74) is 3.22. The molecule has 3 rings (SSSR count). The van der Waals surface area contributed by atoms with Crippen molar-refractivity contribution < 1.29 is 0 Å². The Bertz CT molecular complexity index is 518. The zero-order valence-electron chi connectivity index (χ0n) is 11.7. The van der Waals surface area contributed by atoms with Crippen molar-refractivity contribution in [2.75, 3.05) is 0 Å². The third kappa shape index (κ3) is 2.32. The lowest BCUT2D eigenvalue weighted by atomic mass is 9.79. The smallest absolute Gasteiger partial charge is 0.0326 e. The van der Waals surface area contributed by atoms with Crippen LogP contribution in [0.15, 0.2) is 66.3 Å². The van der Waals surface area contributed by atoms with Crippen molar-refractivity contribution in [2.24, 2.45) is 5.92 Å². The van der Waals surface area contributed by atoms with Gasteiger partial charge >= 0.3 is 0 Å². The van der Waals surface area contributed by atoms with Crippen molar-refractivity contribution in [3.05, 3.63) is 71.8 Å². The fourth-order valence-electron chi connectivity index (χ4n) is 3.41. The molecule has 98 valence electrons. The van der Waals surface area contributed by atoms with E-state index < -0.39 is 0 Å². The van der Waals surface area contributed by atoms with Crippen LogP contribution >= 0.6 is 0 Å². The molecule has 0 nitrogen and oxygen atoms in total. The lowest BCUT2D eigenvalue weighted by molar-refractivity contribution is 0.576. The van der Waals surface area contributed by atoms with Crippen molar-refractivity contribution in [2.45, 2.75) is 38.0 Å². The fraction of sp³-hybridized carbons (Fsp3) is 0.368. The van der Waals surface area contributed by atoms with Crippen molar-refractivity contribution in [1.29, 1.82) is 0 Å². The molecule has 19 heavy (non-hydrogen) atoms. The van der Waals surface area contributed by atoms with E-state index in [1.54, 1.807) is 5.57 Å². The molecule has 1 aromatic rings. The first-order valence-electron chi connectivity index (χ1n) is 7.47. The molecular formula is C19H22. The Hall–Kier alpha value is -1.56. The van der Waals surface area contributed by atoms with Gasteiger partial charge in [-0.1, -0.05) is 79.6 Å². The van der Waals surface area contributed by atoms with Gasteiger partial charge in [-0.15, -0.1) is 0 Å². The molecule has 2 aliphatic carbocycles. The summed E-state index contributed by atoms with van der Waals surface area (Å²) in [4.78, 5) is 0. The Morgan fingerprint density at radius 3 is 2.79 bits per heavy atom. The zero-order chi connectivity index (χ0) is 13.1. The van der Waals surface area contributed by atoms with Gasteiger partial charge in [-0.3, -0.25) is 0 Å². The average molecular weight is 250 g/mol. The molecule has 0 aliphatic heterocycles. The van der Waals surface area contributed by atoms with Crippen LogP contribution in [0.4, 0.5) is 0 Å². The van der Waals surface area contributed by atoms with Crippen LogP contribution in [0.5, 0.6) is 0 Å². The summed E-state index contributed by atoms with van der Waals surface area (Å²) in [6, 6.07) is 11.0. The SMILES string of the molecule is CCCCC1=CC2(c3ccccc3)C=CC=CC1C2. The number of hydrogen-bond acceptors (Lipinski definition) is 0. The molecule has 0 N–H and O–H groups in total. The molecular weight excluding hydrogens is 228 g/mol. The van der Waals surface area contributed by atoms with Crippen LogP contribution in [-0.2, 0) is 5.41 Å². The van der Waals surface area contributed by atoms with Gasteiger partial charge in [0.25, 0.3) is 0 Å². The van der Waals surface area contributed by atoms with E-state index in [-0.39, 0.29) is 5.41 Å². The summed E-state index contributed by atoms with van der Waals surface area (Å²) in [6.07, 6.45) is 16.8. The summed E-state index contributed by atoms with van der Waals surface area (Å²) in [6.45, 7) is 2.27. The molecule has 2 atom stereocenters. The molecule has 0 spiro atoms. The van der Waals surface area contributed by atoms with Crippen molar-refractivity contribution in [3.63, 3.8) is 0 Å². The van der Waals surface area contributed by atoms with Crippen LogP contribution in [0.25, 0.3) is 0 Å². The van der Waals surface area contributed by atoms with Crippen LogP contribution in [0, 0.1) is 5.92 Å². The van der Waals surface area contributed by atoms with E-state index in [1.165, 1.54) is 31.2 Å². The Kier molecular flexibility index (Phi) is 3.42. The Labute approximate surface area is 116 Å². The summed E-state index contributed by atoms with van der Waals surface area (Å²) in [5.74, 6) is 0.641. The van der Waals surface area contributed by atoms with Crippen molar-refractivity contribution in [3.8, 4) is 0 Å². The molecule has 0 heterocycles. The summed E-state index contributed by atoms with van der Waals surface area (Å²) >= 11 is 0. The van der Waals surface area contributed by atoms with Crippen molar-refractivity contribution >= 4 is 0 Å². The number of allylic oxidation sites excluding steroid dienone is 6. The molecule has 2 bridgehead atoms. The lowest BCUT2D eigenvalue weighted by Crippen LogP contribution is -2.18. The largest absolute Gasteiger partial charge is 0.0773 e. The normalized spacial score (nSPS) is 28.3.